The highest BCUT2D eigenvalue weighted by Crippen LogP contribution is 2.56. The largest absolute Gasteiger partial charge is 0.438 e. The van der Waals surface area contributed by atoms with Gasteiger partial charge in [-0.25, -0.2) is 15.0 Å². The number of rotatable bonds is 5. The molecule has 2 atom stereocenters. The Morgan fingerprint density at radius 2 is 1.09 bits per heavy atom. The molecule has 0 N–H and O–H groups in total. The average molecular weight is 605 g/mol. The third kappa shape index (κ3) is 4.27. The average Bonchev–Trinajstić information content (AvgIpc) is 3.75. The molecule has 222 valence electrons. The molecule has 0 saturated heterocycles. The summed E-state index contributed by atoms with van der Waals surface area (Å²) in [4.78, 5) is 14.7. The van der Waals surface area contributed by atoms with E-state index in [2.05, 4.69) is 83.3 Å². The quantitative estimate of drug-likeness (QED) is 0.196. The number of hydrogen-bond donors (Lipinski definition) is 0. The molecule has 0 radical (unpaired) electrons. The normalized spacial score (nSPS) is 16.3. The molecule has 8 aromatic rings. The Hall–Kier alpha value is -6.07. The van der Waals surface area contributed by atoms with Crippen LogP contribution in [0, 0.1) is 5.92 Å². The first-order valence-electron chi connectivity index (χ1n) is 16.1. The molecule has 5 aromatic carbocycles. The van der Waals surface area contributed by atoms with Crippen LogP contribution in [-0.4, -0.2) is 19.4 Å². The maximum absolute atomic E-state index is 6.76. The molecule has 2 aliphatic carbocycles. The van der Waals surface area contributed by atoms with Gasteiger partial charge in [0, 0.05) is 33.9 Å². The standard InChI is InChI=1S/C42H28N4O/c1-4-10-26(11-5-1)31-21-23-35-36(25-31)47-42-37(33-22-20-32-24-34(32)38(33)46(35)42)27-16-18-30(19-17-27)41-44-39(28-12-6-2-7-13-28)43-40(45-41)29-14-8-3-9-15-29/h1-23,25,32,34H,24H2. The van der Waals surface area contributed by atoms with Crippen LogP contribution in [0.4, 0.5) is 0 Å². The van der Waals surface area contributed by atoms with Gasteiger partial charge in [0.05, 0.1) is 11.1 Å². The highest BCUT2D eigenvalue weighted by atomic mass is 16.3. The zero-order valence-corrected chi connectivity index (χ0v) is 25.4. The molecule has 0 aliphatic heterocycles. The highest BCUT2D eigenvalue weighted by molar-refractivity contribution is 5.95. The van der Waals surface area contributed by atoms with Crippen molar-refractivity contribution >= 4 is 22.9 Å². The van der Waals surface area contributed by atoms with Gasteiger partial charge in [0.1, 0.15) is 0 Å². The third-order valence-corrected chi connectivity index (χ3v) is 9.55. The molecule has 0 bridgehead atoms. The van der Waals surface area contributed by atoms with Gasteiger partial charge in [0.2, 0.25) is 5.71 Å². The van der Waals surface area contributed by atoms with Crippen molar-refractivity contribution in [2.75, 3.05) is 0 Å². The molecule has 5 nitrogen and oxygen atoms in total. The van der Waals surface area contributed by atoms with E-state index in [-0.39, 0.29) is 0 Å². The molecule has 3 heterocycles. The molecule has 2 unspecified atom stereocenters. The van der Waals surface area contributed by atoms with Crippen molar-refractivity contribution < 1.29 is 4.42 Å². The summed E-state index contributed by atoms with van der Waals surface area (Å²) in [6.45, 7) is 0. The second kappa shape index (κ2) is 10.2. The Bertz CT molecular complexity index is 2420. The highest BCUT2D eigenvalue weighted by Gasteiger charge is 2.44. The van der Waals surface area contributed by atoms with E-state index in [4.69, 9.17) is 19.4 Å². The first-order valence-corrected chi connectivity index (χ1v) is 16.1. The molecular formula is C42H28N4O. The lowest BCUT2D eigenvalue weighted by Crippen LogP contribution is -2.00. The summed E-state index contributed by atoms with van der Waals surface area (Å²) in [5.41, 5.74) is 13.0. The van der Waals surface area contributed by atoms with Crippen LogP contribution in [0.5, 0.6) is 0 Å². The van der Waals surface area contributed by atoms with Crippen molar-refractivity contribution in [3.8, 4) is 56.4 Å². The van der Waals surface area contributed by atoms with Gasteiger partial charge in [0.15, 0.2) is 23.1 Å². The minimum absolute atomic E-state index is 0.531. The van der Waals surface area contributed by atoms with Gasteiger partial charge in [-0.3, -0.25) is 4.40 Å². The lowest BCUT2D eigenvalue weighted by molar-refractivity contribution is 0.656. The molecule has 5 heteroatoms. The summed E-state index contributed by atoms with van der Waals surface area (Å²) in [6.07, 6.45) is 5.88. The Balaban J connectivity index is 1.11. The Kier molecular flexibility index (Phi) is 5.70. The van der Waals surface area contributed by atoms with Crippen LogP contribution in [0.2, 0.25) is 0 Å². The van der Waals surface area contributed by atoms with E-state index in [0.717, 1.165) is 50.2 Å². The lowest BCUT2D eigenvalue weighted by atomic mass is 9.96. The van der Waals surface area contributed by atoms with Crippen molar-refractivity contribution in [3.05, 3.63) is 151 Å². The SMILES string of the molecule is C1=CC2CC2c2c1c(-c1ccc(-c3nc(-c4ccccc4)nc(-c4ccccc4)n3)cc1)c1oc3cc(-c4ccccc4)ccc3n21. The summed E-state index contributed by atoms with van der Waals surface area (Å²) in [7, 11) is 0. The number of nitrogens with zero attached hydrogens (tertiary/aromatic N) is 4. The van der Waals surface area contributed by atoms with E-state index >= 15 is 0 Å². The van der Waals surface area contributed by atoms with E-state index < -0.39 is 0 Å². The lowest BCUT2D eigenvalue weighted by Gasteiger charge is -2.10. The first kappa shape index (κ1) is 26.2. The van der Waals surface area contributed by atoms with Crippen molar-refractivity contribution in [1.82, 2.24) is 19.4 Å². The van der Waals surface area contributed by atoms with Gasteiger partial charge in [-0.2, -0.15) is 0 Å². The minimum atomic E-state index is 0.531. The fourth-order valence-corrected chi connectivity index (χ4v) is 7.11. The molecule has 47 heavy (non-hydrogen) atoms. The van der Waals surface area contributed by atoms with E-state index in [1.165, 1.54) is 23.2 Å². The topological polar surface area (TPSA) is 56.2 Å². The van der Waals surface area contributed by atoms with Gasteiger partial charge >= 0.3 is 0 Å². The van der Waals surface area contributed by atoms with Gasteiger partial charge in [0.25, 0.3) is 0 Å². The summed E-state index contributed by atoms with van der Waals surface area (Å²) in [6, 6.07) is 45.8. The van der Waals surface area contributed by atoms with Crippen LogP contribution in [0.1, 0.15) is 23.6 Å². The third-order valence-electron chi connectivity index (χ3n) is 9.55. The van der Waals surface area contributed by atoms with Crippen LogP contribution in [0.15, 0.2) is 144 Å². The maximum Gasteiger partial charge on any atom is 0.213 e. The van der Waals surface area contributed by atoms with E-state index in [0.29, 0.717) is 29.3 Å². The number of fused-ring (bicyclic) bond motifs is 7. The second-order valence-electron chi connectivity index (χ2n) is 12.4. The molecular weight excluding hydrogens is 576 g/mol. The molecule has 1 fully saturated rings. The molecule has 1 saturated carbocycles. The number of aromatic nitrogens is 4. The van der Waals surface area contributed by atoms with Gasteiger partial charge in [-0.05, 0) is 41.2 Å². The Morgan fingerprint density at radius 1 is 0.553 bits per heavy atom. The molecule has 10 rings (SSSR count). The first-order chi connectivity index (χ1) is 23.3. The Morgan fingerprint density at radius 3 is 1.70 bits per heavy atom. The van der Waals surface area contributed by atoms with Gasteiger partial charge in [-0.15, -0.1) is 0 Å². The fourth-order valence-electron chi connectivity index (χ4n) is 7.11. The number of hydrogen-bond acceptors (Lipinski definition) is 4. The summed E-state index contributed by atoms with van der Waals surface area (Å²) < 4.78 is 9.14. The van der Waals surface area contributed by atoms with Gasteiger partial charge in [-0.1, -0.05) is 133 Å². The zero-order valence-electron chi connectivity index (χ0n) is 25.4. The maximum atomic E-state index is 6.76. The van der Waals surface area contributed by atoms with Crippen LogP contribution in [0.25, 0.3) is 79.3 Å². The summed E-state index contributed by atoms with van der Waals surface area (Å²) in [5, 5.41) is 0. The van der Waals surface area contributed by atoms with E-state index in [1.807, 2.05) is 66.7 Å². The van der Waals surface area contributed by atoms with Crippen LogP contribution in [-0.2, 0) is 0 Å². The zero-order chi connectivity index (χ0) is 30.9. The van der Waals surface area contributed by atoms with Crippen LogP contribution < -0.4 is 0 Å². The van der Waals surface area contributed by atoms with Crippen molar-refractivity contribution in [3.63, 3.8) is 0 Å². The van der Waals surface area contributed by atoms with E-state index in [9.17, 15) is 0 Å². The van der Waals surface area contributed by atoms with Crippen molar-refractivity contribution in [2.24, 2.45) is 5.92 Å². The predicted octanol–water partition coefficient (Wildman–Crippen LogP) is 10.3. The summed E-state index contributed by atoms with van der Waals surface area (Å²) >= 11 is 0. The van der Waals surface area contributed by atoms with Crippen molar-refractivity contribution in [1.29, 1.82) is 0 Å². The fraction of sp³-hybridized carbons (Fsp3) is 0.0714. The number of allylic oxidation sites excluding steroid dienone is 1. The predicted molar refractivity (Wildman–Crippen MR) is 188 cm³/mol. The monoisotopic (exact) mass is 604 g/mol. The molecule has 0 amide bonds. The van der Waals surface area contributed by atoms with Crippen LogP contribution >= 0.6 is 0 Å². The van der Waals surface area contributed by atoms with E-state index in [1.54, 1.807) is 0 Å². The molecule has 0 spiro atoms. The second-order valence-corrected chi connectivity index (χ2v) is 12.4. The summed E-state index contributed by atoms with van der Waals surface area (Å²) in [5.74, 6) is 3.10. The smallest absolute Gasteiger partial charge is 0.213 e. The molecule has 3 aromatic heterocycles. The van der Waals surface area contributed by atoms with Gasteiger partial charge < -0.3 is 4.42 Å². The minimum Gasteiger partial charge on any atom is -0.438 e. The number of oxazole rings is 1. The molecule has 2 aliphatic rings. The Labute approximate surface area is 271 Å². The van der Waals surface area contributed by atoms with Crippen LogP contribution in [0.3, 0.4) is 0 Å². The van der Waals surface area contributed by atoms with Crippen molar-refractivity contribution in [2.45, 2.75) is 12.3 Å². The number of benzene rings is 5.